The predicted octanol–water partition coefficient (Wildman–Crippen LogP) is 7.60. The molecular formula is C34H37NO4. The Morgan fingerprint density at radius 1 is 0.974 bits per heavy atom. The molecule has 39 heavy (non-hydrogen) atoms. The number of esters is 1. The standard InChI is InChI=1S/C34H37NO4/c1-5-38-32(37)34(19-20-34)28-17-15-25(16-18-28)24-11-13-27(14-12-24)31-29(23(2)35-39-31)21-33(3,4)22-30(36)26-9-7-6-8-10-26/h6-18,30,36H,5,19-22H2,1-4H3. The molecule has 1 aliphatic carbocycles. The molecule has 202 valence electrons. The van der Waals surface area contributed by atoms with Crippen LogP contribution >= 0.6 is 0 Å². The van der Waals surface area contributed by atoms with Crippen LogP contribution in [0.4, 0.5) is 0 Å². The van der Waals surface area contributed by atoms with Crippen molar-refractivity contribution < 1.29 is 19.2 Å². The van der Waals surface area contributed by atoms with Gasteiger partial charge in [-0.3, -0.25) is 4.79 Å². The number of aliphatic hydroxyl groups excluding tert-OH is 1. The molecule has 5 rings (SSSR count). The third kappa shape index (κ3) is 5.69. The second-order valence-electron chi connectivity index (χ2n) is 11.5. The predicted molar refractivity (Wildman–Crippen MR) is 153 cm³/mol. The van der Waals surface area contributed by atoms with Crippen molar-refractivity contribution in [3.63, 3.8) is 0 Å². The fraction of sp³-hybridized carbons (Fsp3) is 0.353. The SMILES string of the molecule is CCOC(=O)C1(c2ccc(-c3ccc(-c4onc(C)c4CC(C)(C)CC(O)c4ccccc4)cc3)cc2)CC1. The zero-order valence-electron chi connectivity index (χ0n) is 23.2. The highest BCUT2D eigenvalue weighted by atomic mass is 16.5. The lowest BCUT2D eigenvalue weighted by molar-refractivity contribution is -0.146. The van der Waals surface area contributed by atoms with Gasteiger partial charge in [-0.05, 0) is 67.2 Å². The van der Waals surface area contributed by atoms with Crippen LogP contribution in [0.3, 0.4) is 0 Å². The van der Waals surface area contributed by atoms with Crippen LogP contribution in [0.2, 0.25) is 0 Å². The van der Waals surface area contributed by atoms with Crippen LogP contribution in [0.15, 0.2) is 83.4 Å². The van der Waals surface area contributed by atoms with Crippen LogP contribution in [-0.2, 0) is 21.4 Å². The van der Waals surface area contributed by atoms with E-state index in [9.17, 15) is 9.90 Å². The minimum absolute atomic E-state index is 0.113. The lowest BCUT2D eigenvalue weighted by Crippen LogP contribution is -2.23. The monoisotopic (exact) mass is 523 g/mol. The van der Waals surface area contributed by atoms with E-state index < -0.39 is 11.5 Å². The molecule has 1 unspecified atom stereocenters. The van der Waals surface area contributed by atoms with E-state index in [0.717, 1.165) is 64.1 Å². The number of hydrogen-bond donors (Lipinski definition) is 1. The summed E-state index contributed by atoms with van der Waals surface area (Å²) in [7, 11) is 0. The topological polar surface area (TPSA) is 72.6 Å². The number of aryl methyl sites for hydroxylation is 1. The Kier molecular flexibility index (Phi) is 7.46. The smallest absolute Gasteiger partial charge is 0.316 e. The molecule has 1 heterocycles. The van der Waals surface area contributed by atoms with E-state index in [1.807, 2.05) is 44.2 Å². The molecule has 1 fully saturated rings. The average molecular weight is 524 g/mol. The molecule has 1 atom stereocenters. The first-order chi connectivity index (χ1) is 18.7. The number of rotatable bonds is 10. The zero-order chi connectivity index (χ0) is 27.6. The van der Waals surface area contributed by atoms with Crippen molar-refractivity contribution in [3.05, 3.63) is 101 Å². The van der Waals surface area contributed by atoms with E-state index in [1.165, 1.54) is 0 Å². The number of hydrogen-bond acceptors (Lipinski definition) is 5. The Bertz CT molecular complexity index is 1410. The van der Waals surface area contributed by atoms with Gasteiger partial charge in [0.15, 0.2) is 5.76 Å². The van der Waals surface area contributed by atoms with Crippen LogP contribution in [0, 0.1) is 12.3 Å². The summed E-state index contributed by atoms with van der Waals surface area (Å²) in [5.74, 6) is 0.666. The number of aromatic nitrogens is 1. The summed E-state index contributed by atoms with van der Waals surface area (Å²) in [5, 5.41) is 15.1. The van der Waals surface area contributed by atoms with Crippen LogP contribution in [0.5, 0.6) is 0 Å². The minimum atomic E-state index is -0.525. The quantitative estimate of drug-likeness (QED) is 0.217. The van der Waals surface area contributed by atoms with Gasteiger partial charge in [-0.2, -0.15) is 0 Å². The minimum Gasteiger partial charge on any atom is -0.465 e. The zero-order valence-corrected chi connectivity index (χ0v) is 23.2. The maximum atomic E-state index is 12.4. The van der Waals surface area contributed by atoms with Gasteiger partial charge in [-0.15, -0.1) is 0 Å². The lowest BCUT2D eigenvalue weighted by Gasteiger charge is -2.27. The number of carbonyl (C=O) groups is 1. The average Bonchev–Trinajstić information content (AvgIpc) is 3.68. The highest BCUT2D eigenvalue weighted by Gasteiger charge is 2.52. The van der Waals surface area contributed by atoms with Crippen LogP contribution in [0.1, 0.15) is 68.5 Å². The van der Waals surface area contributed by atoms with Crippen molar-refractivity contribution in [2.75, 3.05) is 6.61 Å². The molecule has 3 aromatic carbocycles. The van der Waals surface area contributed by atoms with Gasteiger partial charge in [-0.25, -0.2) is 0 Å². The van der Waals surface area contributed by atoms with Crippen molar-refractivity contribution >= 4 is 5.97 Å². The second-order valence-corrected chi connectivity index (χ2v) is 11.5. The molecule has 4 aromatic rings. The second kappa shape index (κ2) is 10.8. The van der Waals surface area contributed by atoms with E-state index in [1.54, 1.807) is 0 Å². The summed E-state index contributed by atoms with van der Waals surface area (Å²) in [5.41, 5.74) is 6.46. The van der Waals surface area contributed by atoms with E-state index in [0.29, 0.717) is 13.0 Å². The van der Waals surface area contributed by atoms with E-state index in [2.05, 4.69) is 67.5 Å². The molecule has 1 saturated carbocycles. The third-order valence-electron chi connectivity index (χ3n) is 7.90. The summed E-state index contributed by atoms with van der Waals surface area (Å²) in [6.07, 6.45) is 2.55. The molecule has 5 nitrogen and oxygen atoms in total. The van der Waals surface area contributed by atoms with Gasteiger partial charge < -0.3 is 14.4 Å². The third-order valence-corrected chi connectivity index (χ3v) is 7.90. The van der Waals surface area contributed by atoms with Gasteiger partial charge >= 0.3 is 5.97 Å². The maximum absolute atomic E-state index is 12.4. The first kappa shape index (κ1) is 26.9. The Hall–Kier alpha value is -3.70. The molecule has 5 heteroatoms. The van der Waals surface area contributed by atoms with Crippen LogP contribution in [-0.4, -0.2) is 22.8 Å². The molecular weight excluding hydrogens is 486 g/mol. The van der Waals surface area contributed by atoms with Gasteiger partial charge in [0.05, 0.1) is 23.8 Å². The lowest BCUT2D eigenvalue weighted by atomic mass is 9.78. The molecule has 0 amide bonds. The summed E-state index contributed by atoms with van der Waals surface area (Å²) in [4.78, 5) is 12.4. The van der Waals surface area contributed by atoms with Gasteiger partial charge in [0.2, 0.25) is 0 Å². The Labute approximate surface area is 230 Å². The van der Waals surface area contributed by atoms with Crippen molar-refractivity contribution in [2.24, 2.45) is 5.41 Å². The van der Waals surface area contributed by atoms with Gasteiger partial charge in [-0.1, -0.05) is 97.9 Å². The summed E-state index contributed by atoms with van der Waals surface area (Å²) >= 11 is 0. The Morgan fingerprint density at radius 2 is 1.56 bits per heavy atom. The van der Waals surface area contributed by atoms with Gasteiger partial charge in [0.1, 0.15) is 0 Å². The summed E-state index contributed by atoms with van der Waals surface area (Å²) in [6, 6.07) is 26.4. The van der Waals surface area contributed by atoms with Gasteiger partial charge in [0.25, 0.3) is 0 Å². The highest BCUT2D eigenvalue weighted by molar-refractivity contribution is 5.87. The largest absolute Gasteiger partial charge is 0.465 e. The number of benzene rings is 3. The van der Waals surface area contributed by atoms with Crippen LogP contribution < -0.4 is 0 Å². The first-order valence-electron chi connectivity index (χ1n) is 13.8. The molecule has 0 spiro atoms. The van der Waals surface area contributed by atoms with Crippen LogP contribution in [0.25, 0.3) is 22.5 Å². The summed E-state index contributed by atoms with van der Waals surface area (Å²) < 4.78 is 11.1. The molecule has 0 radical (unpaired) electrons. The van der Waals surface area contributed by atoms with E-state index in [-0.39, 0.29) is 11.4 Å². The van der Waals surface area contributed by atoms with E-state index in [4.69, 9.17) is 9.26 Å². The number of nitrogens with zero attached hydrogens (tertiary/aromatic N) is 1. The molecule has 1 aliphatic rings. The molecule has 0 bridgehead atoms. The Morgan fingerprint density at radius 3 is 2.15 bits per heavy atom. The van der Waals surface area contributed by atoms with Gasteiger partial charge in [0, 0.05) is 11.1 Å². The molecule has 0 aliphatic heterocycles. The van der Waals surface area contributed by atoms with Crippen molar-refractivity contribution in [1.82, 2.24) is 5.16 Å². The fourth-order valence-electron chi connectivity index (χ4n) is 5.49. The van der Waals surface area contributed by atoms with Crippen molar-refractivity contribution in [3.8, 4) is 22.5 Å². The van der Waals surface area contributed by atoms with Crippen molar-refractivity contribution in [2.45, 2.75) is 64.9 Å². The fourth-order valence-corrected chi connectivity index (χ4v) is 5.49. The van der Waals surface area contributed by atoms with E-state index >= 15 is 0 Å². The van der Waals surface area contributed by atoms with Crippen molar-refractivity contribution in [1.29, 1.82) is 0 Å². The Balaban J connectivity index is 1.31. The first-order valence-corrected chi connectivity index (χ1v) is 13.8. The molecule has 1 aromatic heterocycles. The summed E-state index contributed by atoms with van der Waals surface area (Å²) in [6.45, 7) is 8.59. The number of aliphatic hydroxyl groups is 1. The molecule has 0 saturated heterocycles. The number of ether oxygens (including phenoxy) is 1. The molecule has 1 N–H and O–H groups in total. The highest BCUT2D eigenvalue weighted by Crippen LogP contribution is 2.49. The number of carbonyl (C=O) groups excluding carboxylic acids is 1. The normalized spacial score (nSPS) is 15.1. The maximum Gasteiger partial charge on any atom is 0.316 e.